The standard InChI is InChI=1S/C22H21BrN2O3/c1-14-18-12-17(23)7-8-19(18)28-20(14)21(26)24-13-15-5-4-6-16(11-15)22(27)25-9-2-3-10-25/h4-8,11-12H,2-3,9-10,13H2,1H3,(H,24,26). The number of hydrogen-bond donors (Lipinski definition) is 1. The number of furan rings is 1. The number of nitrogens with zero attached hydrogens (tertiary/aromatic N) is 1. The Morgan fingerprint density at radius 3 is 2.71 bits per heavy atom. The van der Waals surface area contributed by atoms with Crippen LogP contribution in [0.15, 0.2) is 51.4 Å². The number of carbonyl (C=O) groups is 2. The molecule has 2 heterocycles. The number of rotatable bonds is 4. The van der Waals surface area contributed by atoms with Gasteiger partial charge in [0.1, 0.15) is 5.58 Å². The van der Waals surface area contributed by atoms with Crippen LogP contribution in [0.25, 0.3) is 11.0 Å². The van der Waals surface area contributed by atoms with Crippen molar-refractivity contribution in [2.75, 3.05) is 13.1 Å². The highest BCUT2D eigenvalue weighted by molar-refractivity contribution is 9.10. The maximum Gasteiger partial charge on any atom is 0.287 e. The van der Waals surface area contributed by atoms with Crippen LogP contribution in [-0.4, -0.2) is 29.8 Å². The van der Waals surface area contributed by atoms with Gasteiger partial charge < -0.3 is 14.6 Å². The molecule has 1 N–H and O–H groups in total. The highest BCUT2D eigenvalue weighted by atomic mass is 79.9. The van der Waals surface area contributed by atoms with Gasteiger partial charge in [0.2, 0.25) is 0 Å². The van der Waals surface area contributed by atoms with E-state index in [0.29, 0.717) is 23.5 Å². The van der Waals surface area contributed by atoms with E-state index in [0.717, 1.165) is 46.9 Å². The van der Waals surface area contributed by atoms with Gasteiger partial charge in [0.15, 0.2) is 5.76 Å². The van der Waals surface area contributed by atoms with E-state index in [1.54, 1.807) is 0 Å². The predicted octanol–water partition coefficient (Wildman–Crippen LogP) is 4.67. The first-order valence-electron chi connectivity index (χ1n) is 9.38. The molecule has 3 aromatic rings. The van der Waals surface area contributed by atoms with Crippen LogP contribution in [0.5, 0.6) is 0 Å². The molecule has 1 aliphatic rings. The van der Waals surface area contributed by atoms with Crippen molar-refractivity contribution in [2.24, 2.45) is 0 Å². The molecule has 5 nitrogen and oxygen atoms in total. The maximum atomic E-state index is 12.6. The highest BCUT2D eigenvalue weighted by Gasteiger charge is 2.20. The highest BCUT2D eigenvalue weighted by Crippen LogP contribution is 2.28. The fourth-order valence-electron chi connectivity index (χ4n) is 3.59. The van der Waals surface area contributed by atoms with E-state index in [2.05, 4.69) is 21.2 Å². The zero-order chi connectivity index (χ0) is 19.7. The minimum atomic E-state index is -0.263. The molecular formula is C22H21BrN2O3. The summed E-state index contributed by atoms with van der Waals surface area (Å²) in [4.78, 5) is 27.1. The lowest BCUT2D eigenvalue weighted by Crippen LogP contribution is -2.28. The van der Waals surface area contributed by atoms with Gasteiger partial charge >= 0.3 is 0 Å². The van der Waals surface area contributed by atoms with E-state index in [1.807, 2.05) is 54.3 Å². The summed E-state index contributed by atoms with van der Waals surface area (Å²) in [5.74, 6) is 0.114. The quantitative estimate of drug-likeness (QED) is 0.640. The van der Waals surface area contributed by atoms with Gasteiger partial charge in [-0.25, -0.2) is 0 Å². The van der Waals surface area contributed by atoms with E-state index in [1.165, 1.54) is 0 Å². The number of carbonyl (C=O) groups excluding carboxylic acids is 2. The Balaban J connectivity index is 1.47. The van der Waals surface area contributed by atoms with Gasteiger partial charge in [0.05, 0.1) is 0 Å². The van der Waals surface area contributed by atoms with E-state index in [9.17, 15) is 9.59 Å². The van der Waals surface area contributed by atoms with Crippen LogP contribution in [0.4, 0.5) is 0 Å². The summed E-state index contributed by atoms with van der Waals surface area (Å²) in [6.07, 6.45) is 2.13. The van der Waals surface area contributed by atoms with E-state index in [4.69, 9.17) is 4.42 Å². The number of hydrogen-bond acceptors (Lipinski definition) is 3. The molecule has 1 aliphatic heterocycles. The molecule has 2 amide bonds. The van der Waals surface area contributed by atoms with Gasteiger partial charge in [-0.1, -0.05) is 28.1 Å². The lowest BCUT2D eigenvalue weighted by Gasteiger charge is -2.15. The Bertz CT molecular complexity index is 1050. The van der Waals surface area contributed by atoms with E-state index in [-0.39, 0.29) is 11.8 Å². The third-order valence-electron chi connectivity index (χ3n) is 5.12. The predicted molar refractivity (Wildman–Crippen MR) is 111 cm³/mol. The van der Waals surface area contributed by atoms with Gasteiger partial charge in [-0.15, -0.1) is 0 Å². The van der Waals surface area contributed by atoms with Gasteiger partial charge in [0, 0.05) is 40.6 Å². The molecular weight excluding hydrogens is 420 g/mol. The van der Waals surface area contributed by atoms with Crippen molar-refractivity contribution < 1.29 is 14.0 Å². The van der Waals surface area contributed by atoms with Gasteiger partial charge in [0.25, 0.3) is 11.8 Å². The zero-order valence-electron chi connectivity index (χ0n) is 15.6. The van der Waals surface area contributed by atoms with Crippen LogP contribution >= 0.6 is 15.9 Å². The van der Waals surface area contributed by atoms with Crippen LogP contribution in [-0.2, 0) is 6.54 Å². The first kappa shape index (κ1) is 18.7. The number of halogens is 1. The van der Waals surface area contributed by atoms with Crippen LogP contribution in [0.1, 0.15) is 44.9 Å². The SMILES string of the molecule is Cc1c(C(=O)NCc2cccc(C(=O)N3CCCC3)c2)oc2ccc(Br)cc12. The molecule has 144 valence electrons. The van der Waals surface area contributed by atoms with Crippen molar-refractivity contribution in [3.63, 3.8) is 0 Å². The molecule has 0 spiro atoms. The molecule has 1 fully saturated rings. The molecule has 4 rings (SSSR count). The molecule has 0 saturated carbocycles. The summed E-state index contributed by atoms with van der Waals surface area (Å²) in [6.45, 7) is 3.85. The molecule has 28 heavy (non-hydrogen) atoms. The van der Waals surface area contributed by atoms with E-state index < -0.39 is 0 Å². The first-order chi connectivity index (χ1) is 13.5. The molecule has 0 bridgehead atoms. The second kappa shape index (κ2) is 7.80. The van der Waals surface area contributed by atoms with Crippen molar-refractivity contribution in [1.82, 2.24) is 10.2 Å². The number of nitrogens with one attached hydrogen (secondary N) is 1. The zero-order valence-corrected chi connectivity index (χ0v) is 17.2. The molecule has 6 heteroatoms. The number of likely N-dealkylation sites (tertiary alicyclic amines) is 1. The summed E-state index contributed by atoms with van der Waals surface area (Å²) in [5, 5.41) is 3.81. The maximum absolute atomic E-state index is 12.6. The summed E-state index contributed by atoms with van der Waals surface area (Å²) in [6, 6.07) is 13.1. The van der Waals surface area contributed by atoms with Crippen LogP contribution in [0.2, 0.25) is 0 Å². The summed E-state index contributed by atoms with van der Waals surface area (Å²) in [7, 11) is 0. The molecule has 2 aromatic carbocycles. The van der Waals surface area contributed by atoms with Gasteiger partial charge in [-0.05, 0) is 55.7 Å². The van der Waals surface area contributed by atoms with Crippen molar-refractivity contribution in [3.05, 3.63) is 69.4 Å². The summed E-state index contributed by atoms with van der Waals surface area (Å²) in [5.41, 5.74) is 3.05. The Kier molecular flexibility index (Phi) is 5.22. The van der Waals surface area contributed by atoms with Crippen molar-refractivity contribution >= 4 is 38.7 Å². The van der Waals surface area contributed by atoms with Gasteiger partial charge in [-0.2, -0.15) is 0 Å². The molecule has 0 aliphatic carbocycles. The molecule has 1 saturated heterocycles. The van der Waals surface area contributed by atoms with Crippen molar-refractivity contribution in [1.29, 1.82) is 0 Å². The monoisotopic (exact) mass is 440 g/mol. The smallest absolute Gasteiger partial charge is 0.287 e. The fraction of sp³-hybridized carbons (Fsp3) is 0.273. The van der Waals surface area contributed by atoms with Crippen LogP contribution in [0.3, 0.4) is 0 Å². The average molecular weight is 441 g/mol. The first-order valence-corrected chi connectivity index (χ1v) is 10.2. The normalized spacial score (nSPS) is 13.9. The number of aryl methyl sites for hydroxylation is 1. The Labute approximate surface area is 171 Å². The molecule has 0 unspecified atom stereocenters. The topological polar surface area (TPSA) is 62.6 Å². The lowest BCUT2D eigenvalue weighted by atomic mass is 10.1. The summed E-state index contributed by atoms with van der Waals surface area (Å²) >= 11 is 3.44. The fourth-order valence-corrected chi connectivity index (χ4v) is 3.95. The Hall–Kier alpha value is -2.60. The largest absolute Gasteiger partial charge is 0.451 e. The van der Waals surface area contributed by atoms with Crippen molar-refractivity contribution in [2.45, 2.75) is 26.3 Å². The molecule has 0 radical (unpaired) electrons. The van der Waals surface area contributed by atoms with Crippen LogP contribution < -0.4 is 5.32 Å². The second-order valence-corrected chi connectivity index (χ2v) is 7.99. The number of fused-ring (bicyclic) bond motifs is 1. The lowest BCUT2D eigenvalue weighted by molar-refractivity contribution is 0.0792. The van der Waals surface area contributed by atoms with Gasteiger partial charge in [-0.3, -0.25) is 9.59 Å². The number of benzene rings is 2. The average Bonchev–Trinajstić information content (AvgIpc) is 3.35. The van der Waals surface area contributed by atoms with Crippen molar-refractivity contribution in [3.8, 4) is 0 Å². The minimum Gasteiger partial charge on any atom is -0.451 e. The Morgan fingerprint density at radius 2 is 1.93 bits per heavy atom. The van der Waals surface area contributed by atoms with E-state index >= 15 is 0 Å². The minimum absolute atomic E-state index is 0.0596. The molecule has 1 aromatic heterocycles. The summed E-state index contributed by atoms with van der Waals surface area (Å²) < 4.78 is 6.68. The Morgan fingerprint density at radius 1 is 1.14 bits per heavy atom. The third-order valence-corrected chi connectivity index (χ3v) is 5.62. The number of amides is 2. The van der Waals surface area contributed by atoms with Crippen LogP contribution in [0, 0.1) is 6.92 Å². The third kappa shape index (κ3) is 3.69. The second-order valence-electron chi connectivity index (χ2n) is 7.08. The molecule has 0 atom stereocenters.